The first-order valence-electron chi connectivity index (χ1n) is 6.17. The van der Waals surface area contributed by atoms with Gasteiger partial charge in [0.1, 0.15) is 5.76 Å². The molecule has 1 N–H and O–H groups in total. The number of furan rings is 1. The first kappa shape index (κ1) is 15.6. The second kappa shape index (κ2) is 6.75. The van der Waals surface area contributed by atoms with Crippen LogP contribution in [0.3, 0.4) is 0 Å². The van der Waals surface area contributed by atoms with E-state index < -0.39 is 17.6 Å². The monoisotopic (exact) mass is 308 g/mol. The number of amides is 1. The van der Waals surface area contributed by atoms with Crippen molar-refractivity contribution in [1.82, 2.24) is 5.43 Å². The van der Waals surface area contributed by atoms with Crippen LogP contribution in [0.15, 0.2) is 58.3 Å². The van der Waals surface area contributed by atoms with Gasteiger partial charge in [0, 0.05) is 11.8 Å². The van der Waals surface area contributed by atoms with Gasteiger partial charge in [-0.2, -0.15) is 18.3 Å². The number of nitrogens with one attached hydrogen (secondary N) is 1. The largest absolute Gasteiger partial charge is 0.465 e. The second-order valence-electron chi connectivity index (χ2n) is 4.17. The van der Waals surface area contributed by atoms with Crippen molar-refractivity contribution in [2.24, 2.45) is 5.10 Å². The maximum atomic E-state index is 12.5. The van der Waals surface area contributed by atoms with E-state index in [4.69, 9.17) is 4.42 Å². The summed E-state index contributed by atoms with van der Waals surface area (Å²) in [6, 6.07) is 7.55. The summed E-state index contributed by atoms with van der Waals surface area (Å²) < 4.78 is 42.6. The summed E-state index contributed by atoms with van der Waals surface area (Å²) in [7, 11) is 0. The Hall–Kier alpha value is -2.83. The van der Waals surface area contributed by atoms with Gasteiger partial charge in [0.05, 0.1) is 11.8 Å². The first-order chi connectivity index (χ1) is 10.5. The van der Waals surface area contributed by atoms with E-state index in [1.54, 1.807) is 18.2 Å². The highest BCUT2D eigenvalue weighted by Crippen LogP contribution is 2.29. The van der Waals surface area contributed by atoms with Crippen LogP contribution >= 0.6 is 0 Å². The number of nitrogens with zero attached hydrogens (tertiary/aromatic N) is 1. The summed E-state index contributed by atoms with van der Waals surface area (Å²) in [6.07, 6.45) is 1.43. The van der Waals surface area contributed by atoms with E-state index in [1.165, 1.54) is 24.6 Å². The summed E-state index contributed by atoms with van der Waals surface area (Å²) in [5.74, 6) is -0.121. The molecule has 1 heterocycles. The van der Waals surface area contributed by atoms with Gasteiger partial charge in [0.25, 0.3) is 5.91 Å². The molecule has 0 unspecified atom stereocenters. The van der Waals surface area contributed by atoms with Crippen molar-refractivity contribution < 1.29 is 22.4 Å². The molecule has 0 atom stereocenters. The molecule has 0 aliphatic rings. The molecule has 0 saturated carbocycles. The van der Waals surface area contributed by atoms with Crippen LogP contribution in [0.1, 0.15) is 21.7 Å². The molecular weight excluding hydrogens is 297 g/mol. The number of carbonyl (C=O) groups is 1. The molecule has 22 heavy (non-hydrogen) atoms. The van der Waals surface area contributed by atoms with E-state index in [2.05, 4.69) is 10.5 Å². The Balaban J connectivity index is 1.95. The number of hydrogen-bond acceptors (Lipinski definition) is 3. The third kappa shape index (κ3) is 4.34. The molecule has 0 fully saturated rings. The lowest BCUT2D eigenvalue weighted by Crippen LogP contribution is -2.18. The van der Waals surface area contributed by atoms with Crippen LogP contribution in [0.25, 0.3) is 6.08 Å². The smallest absolute Gasteiger partial charge is 0.416 e. The molecule has 0 radical (unpaired) electrons. The molecule has 0 aliphatic carbocycles. The molecule has 4 nitrogen and oxygen atoms in total. The minimum atomic E-state index is -4.49. The molecule has 0 aliphatic heterocycles. The summed E-state index contributed by atoms with van der Waals surface area (Å²) >= 11 is 0. The molecule has 0 bridgehead atoms. The Labute approximate surface area is 123 Å². The Morgan fingerprint density at radius 2 is 2.05 bits per heavy atom. The highest BCUT2D eigenvalue weighted by Gasteiger charge is 2.30. The second-order valence-corrected chi connectivity index (χ2v) is 4.17. The van der Waals surface area contributed by atoms with E-state index in [0.717, 1.165) is 18.2 Å². The van der Waals surface area contributed by atoms with E-state index in [9.17, 15) is 18.0 Å². The van der Waals surface area contributed by atoms with Crippen LogP contribution in [0, 0.1) is 0 Å². The molecule has 2 aromatic rings. The van der Waals surface area contributed by atoms with Crippen LogP contribution in [0.5, 0.6) is 0 Å². The van der Waals surface area contributed by atoms with Crippen molar-refractivity contribution >= 4 is 18.2 Å². The molecule has 7 heteroatoms. The lowest BCUT2D eigenvalue weighted by molar-refractivity contribution is -0.137. The van der Waals surface area contributed by atoms with E-state index >= 15 is 0 Å². The average Bonchev–Trinajstić information content (AvgIpc) is 2.99. The van der Waals surface area contributed by atoms with Crippen LogP contribution in [-0.2, 0) is 6.18 Å². The number of alkyl halides is 3. The van der Waals surface area contributed by atoms with Crippen molar-refractivity contribution in [2.45, 2.75) is 6.18 Å². The predicted molar refractivity (Wildman–Crippen MR) is 75.1 cm³/mol. The SMILES string of the molecule is O=C(N/N=C\C=C\c1ccco1)c1cccc(C(F)(F)F)c1. The van der Waals surface area contributed by atoms with Gasteiger partial charge in [0.15, 0.2) is 0 Å². The quantitative estimate of drug-likeness (QED) is 0.691. The fourth-order valence-electron chi connectivity index (χ4n) is 1.56. The fraction of sp³-hybridized carbons (Fsp3) is 0.0667. The minimum absolute atomic E-state index is 0.123. The predicted octanol–water partition coefficient (Wildman–Crippen LogP) is 3.73. The van der Waals surface area contributed by atoms with Gasteiger partial charge >= 0.3 is 6.18 Å². The fourth-order valence-corrected chi connectivity index (χ4v) is 1.56. The average molecular weight is 308 g/mol. The summed E-state index contributed by atoms with van der Waals surface area (Å²) in [5, 5.41) is 3.60. The summed E-state index contributed by atoms with van der Waals surface area (Å²) in [5.41, 5.74) is 1.13. The number of rotatable bonds is 4. The number of hydrazone groups is 1. The number of hydrogen-bond donors (Lipinski definition) is 1. The zero-order valence-electron chi connectivity index (χ0n) is 11.2. The number of halogens is 3. The summed E-state index contributed by atoms with van der Waals surface area (Å²) in [6.45, 7) is 0. The molecule has 1 amide bonds. The number of carbonyl (C=O) groups excluding carboxylic acids is 1. The third-order valence-electron chi connectivity index (χ3n) is 2.58. The normalized spacial score (nSPS) is 12.1. The van der Waals surface area contributed by atoms with Gasteiger partial charge in [-0.05, 0) is 42.5 Å². The van der Waals surface area contributed by atoms with Crippen LogP contribution in [0.4, 0.5) is 13.2 Å². The Morgan fingerprint density at radius 1 is 1.23 bits per heavy atom. The van der Waals surface area contributed by atoms with Gasteiger partial charge in [-0.25, -0.2) is 5.43 Å². The van der Waals surface area contributed by atoms with Gasteiger partial charge in [-0.1, -0.05) is 6.07 Å². The molecule has 0 spiro atoms. The third-order valence-corrected chi connectivity index (χ3v) is 2.58. The van der Waals surface area contributed by atoms with Crippen molar-refractivity contribution in [3.63, 3.8) is 0 Å². The highest BCUT2D eigenvalue weighted by atomic mass is 19.4. The van der Waals surface area contributed by atoms with Crippen molar-refractivity contribution in [2.75, 3.05) is 0 Å². The molecule has 1 aromatic carbocycles. The topological polar surface area (TPSA) is 54.6 Å². The van der Waals surface area contributed by atoms with Gasteiger partial charge < -0.3 is 4.42 Å². The Kier molecular flexibility index (Phi) is 4.77. The standard InChI is InChI=1S/C15H11F3N2O2/c16-15(17,18)12-5-1-4-11(10-12)14(21)20-19-8-2-6-13-7-3-9-22-13/h1-10H,(H,20,21)/b6-2+,19-8-. The molecule has 114 valence electrons. The van der Waals surface area contributed by atoms with Gasteiger partial charge in [-0.15, -0.1) is 0 Å². The zero-order valence-corrected chi connectivity index (χ0v) is 11.2. The van der Waals surface area contributed by atoms with Crippen molar-refractivity contribution in [3.05, 3.63) is 65.6 Å². The molecular formula is C15H11F3N2O2. The van der Waals surface area contributed by atoms with Crippen molar-refractivity contribution in [1.29, 1.82) is 0 Å². The molecule has 2 rings (SSSR count). The van der Waals surface area contributed by atoms with Crippen LogP contribution in [0.2, 0.25) is 0 Å². The van der Waals surface area contributed by atoms with Gasteiger partial charge in [0.2, 0.25) is 0 Å². The van der Waals surface area contributed by atoms with Crippen LogP contribution in [-0.4, -0.2) is 12.1 Å². The van der Waals surface area contributed by atoms with Crippen molar-refractivity contribution in [3.8, 4) is 0 Å². The van der Waals surface area contributed by atoms with E-state index in [0.29, 0.717) is 5.76 Å². The zero-order chi connectivity index (χ0) is 16.0. The highest BCUT2D eigenvalue weighted by molar-refractivity contribution is 5.94. The van der Waals surface area contributed by atoms with Gasteiger partial charge in [-0.3, -0.25) is 4.79 Å². The maximum Gasteiger partial charge on any atom is 0.416 e. The number of allylic oxidation sites excluding steroid dienone is 1. The van der Waals surface area contributed by atoms with Crippen LogP contribution < -0.4 is 5.43 Å². The molecule has 0 saturated heterocycles. The lowest BCUT2D eigenvalue weighted by atomic mass is 10.1. The Morgan fingerprint density at radius 3 is 2.73 bits per heavy atom. The van der Waals surface area contributed by atoms with E-state index in [-0.39, 0.29) is 5.56 Å². The first-order valence-corrected chi connectivity index (χ1v) is 6.17. The maximum absolute atomic E-state index is 12.5. The van der Waals surface area contributed by atoms with E-state index in [1.807, 2.05) is 0 Å². The summed E-state index contributed by atoms with van der Waals surface area (Å²) in [4.78, 5) is 11.7. The Bertz CT molecular complexity index is 689. The number of benzene rings is 1. The lowest BCUT2D eigenvalue weighted by Gasteiger charge is -2.07. The minimum Gasteiger partial charge on any atom is -0.465 e. The molecule has 1 aromatic heterocycles.